The largest absolute Gasteiger partial charge is 0.381 e. The SMILES string of the molecule is CCCNc1cc2ccccc2[nH]c1=O. The van der Waals surface area contributed by atoms with Crippen molar-refractivity contribution in [2.45, 2.75) is 13.3 Å². The molecule has 0 atom stereocenters. The van der Waals surface area contributed by atoms with Gasteiger partial charge >= 0.3 is 0 Å². The third-order valence-corrected chi connectivity index (χ3v) is 2.32. The van der Waals surface area contributed by atoms with Crippen LogP contribution in [0.1, 0.15) is 13.3 Å². The molecule has 0 amide bonds. The van der Waals surface area contributed by atoms with Crippen LogP contribution >= 0.6 is 0 Å². The van der Waals surface area contributed by atoms with Crippen molar-refractivity contribution in [3.8, 4) is 0 Å². The smallest absolute Gasteiger partial charge is 0.271 e. The third kappa shape index (κ3) is 2.01. The molecule has 0 fully saturated rings. The second kappa shape index (κ2) is 4.17. The van der Waals surface area contributed by atoms with E-state index >= 15 is 0 Å². The summed E-state index contributed by atoms with van der Waals surface area (Å²) in [5.74, 6) is 0. The van der Waals surface area contributed by atoms with Gasteiger partial charge in [-0.15, -0.1) is 0 Å². The average molecular weight is 202 g/mol. The number of benzene rings is 1. The zero-order valence-electron chi connectivity index (χ0n) is 8.71. The number of fused-ring (bicyclic) bond motifs is 1. The monoisotopic (exact) mass is 202 g/mol. The first kappa shape index (κ1) is 9.77. The van der Waals surface area contributed by atoms with Crippen LogP contribution in [-0.4, -0.2) is 11.5 Å². The Labute approximate surface area is 88.1 Å². The number of anilines is 1. The van der Waals surface area contributed by atoms with Crippen LogP contribution in [0.25, 0.3) is 10.9 Å². The maximum Gasteiger partial charge on any atom is 0.271 e. The van der Waals surface area contributed by atoms with Gasteiger partial charge in [0.1, 0.15) is 5.69 Å². The number of pyridine rings is 1. The lowest BCUT2D eigenvalue weighted by atomic mass is 10.2. The van der Waals surface area contributed by atoms with E-state index in [2.05, 4.69) is 17.2 Å². The second-order valence-electron chi connectivity index (χ2n) is 3.53. The first-order valence-electron chi connectivity index (χ1n) is 5.17. The van der Waals surface area contributed by atoms with Crippen LogP contribution in [0.5, 0.6) is 0 Å². The number of nitrogens with one attached hydrogen (secondary N) is 2. The number of hydrogen-bond acceptors (Lipinski definition) is 2. The van der Waals surface area contributed by atoms with Crippen molar-refractivity contribution in [2.24, 2.45) is 0 Å². The minimum Gasteiger partial charge on any atom is -0.381 e. The summed E-state index contributed by atoms with van der Waals surface area (Å²) in [5, 5.41) is 4.16. The van der Waals surface area contributed by atoms with E-state index in [-0.39, 0.29) is 5.56 Å². The topological polar surface area (TPSA) is 44.9 Å². The zero-order chi connectivity index (χ0) is 10.7. The van der Waals surface area contributed by atoms with Gasteiger partial charge in [0, 0.05) is 17.4 Å². The predicted molar refractivity (Wildman–Crippen MR) is 63.3 cm³/mol. The molecule has 3 nitrogen and oxygen atoms in total. The molecule has 3 heteroatoms. The molecule has 2 aromatic rings. The lowest BCUT2D eigenvalue weighted by Crippen LogP contribution is -2.14. The highest BCUT2D eigenvalue weighted by Gasteiger charge is 2.00. The summed E-state index contributed by atoms with van der Waals surface area (Å²) in [4.78, 5) is 14.5. The highest BCUT2D eigenvalue weighted by Crippen LogP contribution is 2.12. The number of aromatic nitrogens is 1. The molecule has 15 heavy (non-hydrogen) atoms. The molecule has 2 N–H and O–H groups in total. The van der Waals surface area contributed by atoms with Gasteiger partial charge in [-0.3, -0.25) is 4.79 Å². The van der Waals surface area contributed by atoms with Gasteiger partial charge in [0.25, 0.3) is 5.56 Å². The van der Waals surface area contributed by atoms with Crippen LogP contribution in [0.3, 0.4) is 0 Å². The van der Waals surface area contributed by atoms with Crippen LogP contribution in [0.15, 0.2) is 35.1 Å². The van der Waals surface area contributed by atoms with Gasteiger partial charge in [0.15, 0.2) is 0 Å². The van der Waals surface area contributed by atoms with Crippen LogP contribution in [-0.2, 0) is 0 Å². The number of hydrogen-bond donors (Lipinski definition) is 2. The van der Waals surface area contributed by atoms with Gasteiger partial charge in [-0.1, -0.05) is 25.1 Å². The second-order valence-corrected chi connectivity index (χ2v) is 3.53. The Morgan fingerprint density at radius 2 is 2.13 bits per heavy atom. The molecule has 0 aliphatic heterocycles. The molecular weight excluding hydrogens is 188 g/mol. The Morgan fingerprint density at radius 1 is 1.33 bits per heavy atom. The van der Waals surface area contributed by atoms with Gasteiger partial charge in [-0.2, -0.15) is 0 Å². The predicted octanol–water partition coefficient (Wildman–Crippen LogP) is 2.35. The molecule has 2 rings (SSSR count). The molecule has 1 aromatic heterocycles. The van der Waals surface area contributed by atoms with Crippen molar-refractivity contribution >= 4 is 16.6 Å². The summed E-state index contributed by atoms with van der Waals surface area (Å²) in [6.45, 7) is 2.89. The molecule has 0 radical (unpaired) electrons. The Balaban J connectivity index is 2.48. The van der Waals surface area contributed by atoms with E-state index in [0.717, 1.165) is 23.9 Å². The fraction of sp³-hybridized carbons (Fsp3) is 0.250. The molecule has 78 valence electrons. The molecule has 0 spiro atoms. The van der Waals surface area contributed by atoms with Gasteiger partial charge in [0.2, 0.25) is 0 Å². The quantitative estimate of drug-likeness (QED) is 0.802. The van der Waals surface area contributed by atoms with Crippen LogP contribution in [0, 0.1) is 0 Å². The highest BCUT2D eigenvalue weighted by atomic mass is 16.1. The van der Waals surface area contributed by atoms with Crippen molar-refractivity contribution in [3.63, 3.8) is 0 Å². The minimum atomic E-state index is -0.0536. The van der Waals surface area contributed by atoms with Crippen molar-refractivity contribution < 1.29 is 0 Å². The fourth-order valence-corrected chi connectivity index (χ4v) is 1.54. The first-order valence-corrected chi connectivity index (χ1v) is 5.17. The summed E-state index contributed by atoms with van der Waals surface area (Å²) in [5.41, 5.74) is 1.47. The average Bonchev–Trinajstić information content (AvgIpc) is 2.26. The van der Waals surface area contributed by atoms with Gasteiger partial charge in [0.05, 0.1) is 0 Å². The van der Waals surface area contributed by atoms with Crippen LogP contribution in [0.2, 0.25) is 0 Å². The Hall–Kier alpha value is -1.77. The maximum atomic E-state index is 11.6. The van der Waals surface area contributed by atoms with E-state index in [0.29, 0.717) is 5.69 Å². The molecule has 0 saturated heterocycles. The van der Waals surface area contributed by atoms with Gasteiger partial charge in [-0.25, -0.2) is 0 Å². The van der Waals surface area contributed by atoms with Crippen LogP contribution < -0.4 is 10.9 Å². The number of rotatable bonds is 3. The first-order chi connectivity index (χ1) is 7.31. The lowest BCUT2D eigenvalue weighted by molar-refractivity contribution is 0.975. The van der Waals surface area contributed by atoms with E-state index in [1.54, 1.807) is 0 Å². The van der Waals surface area contributed by atoms with Crippen molar-refractivity contribution in [1.82, 2.24) is 4.98 Å². The van der Waals surface area contributed by atoms with Crippen molar-refractivity contribution in [3.05, 3.63) is 40.7 Å². The number of aromatic amines is 1. The van der Waals surface area contributed by atoms with E-state index in [1.165, 1.54) is 0 Å². The molecular formula is C12H14N2O. The molecule has 1 aromatic carbocycles. The Bertz CT molecular complexity index is 516. The maximum absolute atomic E-state index is 11.6. The Kier molecular flexibility index (Phi) is 2.72. The lowest BCUT2D eigenvalue weighted by Gasteiger charge is -2.04. The fourth-order valence-electron chi connectivity index (χ4n) is 1.54. The zero-order valence-corrected chi connectivity index (χ0v) is 8.71. The van der Waals surface area contributed by atoms with E-state index in [9.17, 15) is 4.79 Å². The summed E-state index contributed by atoms with van der Waals surface area (Å²) < 4.78 is 0. The van der Waals surface area contributed by atoms with Crippen molar-refractivity contribution in [1.29, 1.82) is 0 Å². The normalized spacial score (nSPS) is 10.5. The van der Waals surface area contributed by atoms with Gasteiger partial charge < -0.3 is 10.3 Å². The van der Waals surface area contributed by atoms with E-state index in [1.807, 2.05) is 30.3 Å². The molecule has 0 aliphatic rings. The summed E-state index contributed by atoms with van der Waals surface area (Å²) in [7, 11) is 0. The molecule has 0 aliphatic carbocycles. The highest BCUT2D eigenvalue weighted by molar-refractivity contribution is 5.81. The van der Waals surface area contributed by atoms with Crippen LogP contribution in [0.4, 0.5) is 5.69 Å². The van der Waals surface area contributed by atoms with E-state index in [4.69, 9.17) is 0 Å². The Morgan fingerprint density at radius 3 is 2.93 bits per heavy atom. The molecule has 0 unspecified atom stereocenters. The molecule has 0 bridgehead atoms. The van der Waals surface area contributed by atoms with E-state index < -0.39 is 0 Å². The minimum absolute atomic E-state index is 0.0536. The molecule has 1 heterocycles. The third-order valence-electron chi connectivity index (χ3n) is 2.32. The van der Waals surface area contributed by atoms with Crippen molar-refractivity contribution in [2.75, 3.05) is 11.9 Å². The van der Waals surface area contributed by atoms with Gasteiger partial charge in [-0.05, 0) is 18.6 Å². The summed E-state index contributed by atoms with van der Waals surface area (Å²) >= 11 is 0. The number of H-pyrrole nitrogens is 1. The standard InChI is InChI=1S/C12H14N2O/c1-2-7-13-11-8-9-5-3-4-6-10(9)14-12(11)15/h3-6,8,13H,2,7H2,1H3,(H,14,15). The number of para-hydroxylation sites is 1. The molecule has 0 saturated carbocycles. The summed E-state index contributed by atoms with van der Waals surface area (Å²) in [6, 6.07) is 9.66. The summed E-state index contributed by atoms with van der Waals surface area (Å²) in [6.07, 6.45) is 1.01.